The fourth-order valence-corrected chi connectivity index (χ4v) is 3.57. The Bertz CT molecular complexity index is 1000. The summed E-state index contributed by atoms with van der Waals surface area (Å²) in [4.78, 5) is 25.4. The molecule has 0 aliphatic rings. The van der Waals surface area contributed by atoms with Gasteiger partial charge in [-0.2, -0.15) is 0 Å². The van der Waals surface area contributed by atoms with Gasteiger partial charge in [-0.25, -0.2) is 0 Å². The lowest BCUT2D eigenvalue weighted by molar-refractivity contribution is -0.128. The number of aryl methyl sites for hydroxylation is 2. The van der Waals surface area contributed by atoms with Crippen molar-refractivity contribution >= 4 is 34.8 Å². The number of thiocarbonyl (C=S) groups is 1. The molecule has 0 radical (unpaired) electrons. The number of anilines is 1. The second-order valence-electron chi connectivity index (χ2n) is 9.17. The van der Waals surface area contributed by atoms with Crippen molar-refractivity contribution in [2.75, 3.05) is 18.5 Å². The van der Waals surface area contributed by atoms with Gasteiger partial charge in [0.25, 0.3) is 5.91 Å². The Morgan fingerprint density at radius 3 is 2.53 bits per heavy atom. The number of unbranched alkanes of at least 4 members (excludes halogenated alkanes) is 1. The van der Waals surface area contributed by atoms with Crippen molar-refractivity contribution in [3.63, 3.8) is 0 Å². The molecule has 2 rings (SSSR count). The highest BCUT2D eigenvalue weighted by molar-refractivity contribution is 7.80. The highest BCUT2D eigenvalue weighted by atomic mass is 32.1. The maximum Gasteiger partial charge on any atom is 0.253 e. The summed E-state index contributed by atoms with van der Waals surface area (Å²) in [7, 11) is 0. The quantitative estimate of drug-likeness (QED) is 0.289. The number of amides is 2. The van der Waals surface area contributed by atoms with Gasteiger partial charge >= 0.3 is 0 Å². The molecule has 2 aromatic carbocycles. The van der Waals surface area contributed by atoms with Gasteiger partial charge in [0.1, 0.15) is 5.75 Å². The summed E-state index contributed by atoms with van der Waals surface area (Å²) in [5.41, 5.74) is 2.66. The summed E-state index contributed by atoms with van der Waals surface area (Å²) in [5.74, 6) is 0.529. The predicted molar refractivity (Wildman–Crippen MR) is 142 cm³/mol. The van der Waals surface area contributed by atoms with Gasteiger partial charge in [-0.3, -0.25) is 9.59 Å². The SMILES string of the molecule is CCCCNC(=O)c1ccccc1NC(=S)NC(=O)C(C)(C)CCCOc1cc(C)ccc1C. The van der Waals surface area contributed by atoms with Gasteiger partial charge in [-0.1, -0.05) is 51.5 Å². The third-order valence-corrected chi connectivity index (χ3v) is 5.83. The van der Waals surface area contributed by atoms with Crippen LogP contribution in [0.5, 0.6) is 5.75 Å². The van der Waals surface area contributed by atoms with E-state index in [4.69, 9.17) is 17.0 Å². The molecule has 0 unspecified atom stereocenters. The number of rotatable bonds is 11. The van der Waals surface area contributed by atoms with Crippen molar-refractivity contribution in [3.05, 3.63) is 59.2 Å². The van der Waals surface area contributed by atoms with E-state index in [-0.39, 0.29) is 16.9 Å². The first kappa shape index (κ1) is 27.3. The Balaban J connectivity index is 1.87. The van der Waals surface area contributed by atoms with E-state index in [2.05, 4.69) is 28.9 Å². The zero-order valence-corrected chi connectivity index (χ0v) is 21.7. The second-order valence-corrected chi connectivity index (χ2v) is 9.58. The summed E-state index contributed by atoms with van der Waals surface area (Å²) in [5, 5.41) is 8.84. The number of hydrogen-bond acceptors (Lipinski definition) is 4. The molecule has 0 atom stereocenters. The standard InChI is InChI=1S/C27H37N3O3S/c1-6-7-16-28-24(31)21-11-8-9-12-22(21)29-26(34)30-25(32)27(4,5)15-10-17-33-23-18-19(2)13-14-20(23)3/h8-9,11-14,18H,6-7,10,15-17H2,1-5H3,(H,28,31)(H2,29,30,32,34). The average molecular weight is 484 g/mol. The molecule has 0 aliphatic carbocycles. The third kappa shape index (κ3) is 8.45. The molecule has 34 heavy (non-hydrogen) atoms. The number of carbonyl (C=O) groups excluding carboxylic acids is 2. The molecule has 0 fully saturated rings. The first-order valence-electron chi connectivity index (χ1n) is 11.8. The van der Waals surface area contributed by atoms with E-state index >= 15 is 0 Å². The van der Waals surface area contributed by atoms with Crippen molar-refractivity contribution in [1.82, 2.24) is 10.6 Å². The van der Waals surface area contributed by atoms with Gasteiger partial charge in [0.15, 0.2) is 5.11 Å². The van der Waals surface area contributed by atoms with Crippen molar-refractivity contribution in [1.29, 1.82) is 0 Å². The van der Waals surface area contributed by atoms with Gasteiger partial charge in [0, 0.05) is 12.0 Å². The lowest BCUT2D eigenvalue weighted by Crippen LogP contribution is -2.42. The fourth-order valence-electron chi connectivity index (χ4n) is 3.36. The molecular formula is C27H37N3O3S. The van der Waals surface area contributed by atoms with Crippen LogP contribution in [-0.4, -0.2) is 30.1 Å². The van der Waals surface area contributed by atoms with E-state index in [0.29, 0.717) is 30.8 Å². The molecule has 0 aromatic heterocycles. The normalized spacial score (nSPS) is 11.0. The zero-order valence-electron chi connectivity index (χ0n) is 20.9. The topological polar surface area (TPSA) is 79.5 Å². The van der Waals surface area contributed by atoms with Crippen LogP contribution in [0.3, 0.4) is 0 Å². The maximum atomic E-state index is 12.9. The molecule has 3 N–H and O–H groups in total. The van der Waals surface area contributed by atoms with E-state index in [1.807, 2.05) is 45.9 Å². The van der Waals surface area contributed by atoms with Gasteiger partial charge in [0.05, 0.1) is 17.9 Å². The van der Waals surface area contributed by atoms with Crippen LogP contribution in [0.25, 0.3) is 0 Å². The maximum absolute atomic E-state index is 12.9. The van der Waals surface area contributed by atoms with Crippen LogP contribution in [0.1, 0.15) is 67.9 Å². The van der Waals surface area contributed by atoms with Gasteiger partial charge in [0.2, 0.25) is 5.91 Å². The Hall–Kier alpha value is -2.93. The number of ether oxygens (including phenoxy) is 1. The van der Waals surface area contributed by atoms with Crippen LogP contribution in [0.4, 0.5) is 5.69 Å². The van der Waals surface area contributed by atoms with Crippen molar-refractivity contribution < 1.29 is 14.3 Å². The number of hydrogen-bond donors (Lipinski definition) is 3. The van der Waals surface area contributed by atoms with E-state index in [1.54, 1.807) is 18.2 Å². The minimum atomic E-state index is -0.631. The van der Waals surface area contributed by atoms with Crippen LogP contribution in [0.2, 0.25) is 0 Å². The van der Waals surface area contributed by atoms with E-state index in [9.17, 15) is 9.59 Å². The van der Waals surface area contributed by atoms with Crippen LogP contribution in [0, 0.1) is 19.3 Å². The van der Waals surface area contributed by atoms with Gasteiger partial charge in [-0.05, 0) is 74.7 Å². The summed E-state index contributed by atoms with van der Waals surface area (Å²) in [6.07, 6.45) is 3.29. The molecule has 0 heterocycles. The Labute approximate surface area is 208 Å². The summed E-state index contributed by atoms with van der Waals surface area (Å²) in [6, 6.07) is 13.2. The minimum absolute atomic E-state index is 0.165. The largest absolute Gasteiger partial charge is 0.493 e. The molecule has 184 valence electrons. The highest BCUT2D eigenvalue weighted by Gasteiger charge is 2.28. The van der Waals surface area contributed by atoms with Gasteiger partial charge < -0.3 is 20.7 Å². The van der Waals surface area contributed by atoms with E-state index < -0.39 is 5.41 Å². The number of carbonyl (C=O) groups is 2. The van der Waals surface area contributed by atoms with E-state index in [1.165, 1.54) is 0 Å². The van der Waals surface area contributed by atoms with Crippen LogP contribution < -0.4 is 20.7 Å². The average Bonchev–Trinajstić information content (AvgIpc) is 2.79. The van der Waals surface area contributed by atoms with Crippen molar-refractivity contribution in [2.24, 2.45) is 5.41 Å². The summed E-state index contributed by atoms with van der Waals surface area (Å²) in [6.45, 7) is 11.1. The first-order valence-corrected chi connectivity index (χ1v) is 12.2. The molecule has 0 bridgehead atoms. The monoisotopic (exact) mass is 483 g/mol. The number of benzene rings is 2. The van der Waals surface area contributed by atoms with Crippen LogP contribution in [-0.2, 0) is 4.79 Å². The van der Waals surface area contributed by atoms with Crippen LogP contribution >= 0.6 is 12.2 Å². The zero-order chi connectivity index (χ0) is 25.1. The molecule has 0 saturated carbocycles. The molecule has 0 aliphatic heterocycles. The van der Waals surface area contributed by atoms with E-state index in [0.717, 1.165) is 36.1 Å². The van der Waals surface area contributed by atoms with Crippen molar-refractivity contribution in [3.8, 4) is 5.75 Å². The predicted octanol–water partition coefficient (Wildman–Crippen LogP) is 5.53. The Morgan fingerprint density at radius 2 is 1.79 bits per heavy atom. The second kappa shape index (κ2) is 13.1. The number of para-hydroxylation sites is 1. The molecule has 7 heteroatoms. The lowest BCUT2D eigenvalue weighted by Gasteiger charge is -2.24. The molecule has 0 spiro atoms. The van der Waals surface area contributed by atoms with Gasteiger partial charge in [-0.15, -0.1) is 0 Å². The first-order chi connectivity index (χ1) is 16.1. The molecule has 6 nitrogen and oxygen atoms in total. The third-order valence-electron chi connectivity index (χ3n) is 5.62. The van der Waals surface area contributed by atoms with Crippen LogP contribution in [0.15, 0.2) is 42.5 Å². The summed E-state index contributed by atoms with van der Waals surface area (Å²) >= 11 is 5.36. The molecule has 2 amide bonds. The Kier molecular flexibility index (Phi) is 10.5. The lowest BCUT2D eigenvalue weighted by atomic mass is 9.87. The Morgan fingerprint density at radius 1 is 1.06 bits per heavy atom. The molecule has 2 aromatic rings. The number of nitrogens with one attached hydrogen (secondary N) is 3. The fraction of sp³-hybridized carbons (Fsp3) is 0.444. The highest BCUT2D eigenvalue weighted by Crippen LogP contribution is 2.24. The summed E-state index contributed by atoms with van der Waals surface area (Å²) < 4.78 is 5.92. The molecule has 0 saturated heterocycles. The smallest absolute Gasteiger partial charge is 0.253 e. The van der Waals surface area contributed by atoms with Crippen molar-refractivity contribution in [2.45, 2.75) is 60.3 Å². The minimum Gasteiger partial charge on any atom is -0.493 e. The molecular weight excluding hydrogens is 446 g/mol.